The molecule has 0 aliphatic carbocycles. The summed E-state index contributed by atoms with van der Waals surface area (Å²) in [5, 5.41) is 8.27. The number of fused-ring (bicyclic) bond motifs is 1. The first kappa shape index (κ1) is 22.7. The third-order valence-corrected chi connectivity index (χ3v) is 6.19. The molecule has 0 saturated carbocycles. The molecule has 9 heteroatoms. The molecule has 3 heterocycles. The molecule has 2 aromatic heterocycles. The molecule has 9 nitrogen and oxygen atoms in total. The minimum atomic E-state index is -0.524. The van der Waals surface area contributed by atoms with Gasteiger partial charge >= 0.3 is 6.03 Å². The lowest BCUT2D eigenvalue weighted by molar-refractivity contribution is -0.106. The van der Waals surface area contributed by atoms with Crippen molar-refractivity contribution in [3.63, 3.8) is 0 Å². The van der Waals surface area contributed by atoms with Gasteiger partial charge < -0.3 is 15.1 Å². The second kappa shape index (κ2) is 9.19. The molecular formula is C24H31N7O2. The van der Waals surface area contributed by atoms with Crippen molar-refractivity contribution in [3.8, 4) is 0 Å². The highest BCUT2D eigenvalue weighted by atomic mass is 16.2. The van der Waals surface area contributed by atoms with Crippen molar-refractivity contribution in [2.45, 2.75) is 26.7 Å². The van der Waals surface area contributed by atoms with E-state index in [4.69, 9.17) is 0 Å². The Kier molecular flexibility index (Phi) is 6.33. The minimum Gasteiger partial charge on any atom is -0.367 e. The number of carbonyl (C=O) groups excluding carboxylic acids is 2. The Morgan fingerprint density at radius 2 is 1.91 bits per heavy atom. The molecule has 33 heavy (non-hydrogen) atoms. The van der Waals surface area contributed by atoms with Crippen molar-refractivity contribution in [2.24, 2.45) is 7.05 Å². The summed E-state index contributed by atoms with van der Waals surface area (Å²) in [7, 11) is 3.94. The van der Waals surface area contributed by atoms with E-state index in [0.717, 1.165) is 59.1 Å². The monoisotopic (exact) mass is 449 g/mol. The van der Waals surface area contributed by atoms with Gasteiger partial charge in [-0.25, -0.2) is 14.7 Å². The van der Waals surface area contributed by atoms with E-state index < -0.39 is 6.03 Å². The average molecular weight is 450 g/mol. The number of aryl methyl sites for hydroxylation is 2. The SMILES string of the molecule is Cc1nn(C)c2ncc(N(C=O)C(=O)Nc3cccc(C(C)C)c3)c(N3CCN(C)CC3)c12. The van der Waals surface area contributed by atoms with Crippen molar-refractivity contribution < 1.29 is 9.59 Å². The maximum absolute atomic E-state index is 13.2. The Labute approximate surface area is 194 Å². The number of nitrogens with zero attached hydrogens (tertiary/aromatic N) is 6. The standard InChI is InChI=1S/C24H31N7O2/c1-16(2)18-7-6-8-19(13-18)26-24(33)31(15-32)20-14-25-23-21(17(3)27-29(23)5)22(20)30-11-9-28(4)10-12-30/h6-8,13-16H,9-12H2,1-5H3,(H,26,33). The van der Waals surface area contributed by atoms with Crippen molar-refractivity contribution in [1.29, 1.82) is 0 Å². The van der Waals surface area contributed by atoms with Crippen molar-refractivity contribution in [3.05, 3.63) is 41.7 Å². The highest BCUT2D eigenvalue weighted by Gasteiger charge is 2.28. The van der Waals surface area contributed by atoms with Gasteiger partial charge in [-0.1, -0.05) is 26.0 Å². The van der Waals surface area contributed by atoms with Gasteiger partial charge in [0, 0.05) is 38.9 Å². The van der Waals surface area contributed by atoms with E-state index in [9.17, 15) is 9.59 Å². The summed E-state index contributed by atoms with van der Waals surface area (Å²) in [5.41, 5.74) is 4.56. The maximum Gasteiger partial charge on any atom is 0.333 e. The first-order valence-electron chi connectivity index (χ1n) is 11.2. The molecule has 1 fully saturated rings. The zero-order valence-electron chi connectivity index (χ0n) is 19.9. The quantitative estimate of drug-likeness (QED) is 0.601. The summed E-state index contributed by atoms with van der Waals surface area (Å²) in [6, 6.07) is 7.15. The molecule has 4 rings (SSSR count). The van der Waals surface area contributed by atoms with Crippen LogP contribution in [-0.4, -0.2) is 65.3 Å². The molecule has 0 spiro atoms. The van der Waals surface area contributed by atoms with E-state index in [0.29, 0.717) is 23.7 Å². The summed E-state index contributed by atoms with van der Waals surface area (Å²) in [6.45, 7) is 9.45. The van der Waals surface area contributed by atoms with Gasteiger partial charge in [0.05, 0.1) is 28.7 Å². The first-order valence-corrected chi connectivity index (χ1v) is 11.2. The van der Waals surface area contributed by atoms with Crippen LogP contribution in [0.3, 0.4) is 0 Å². The molecule has 1 N–H and O–H groups in total. The van der Waals surface area contributed by atoms with E-state index in [2.05, 4.69) is 46.1 Å². The number of aromatic nitrogens is 3. The number of benzene rings is 1. The molecule has 1 aromatic carbocycles. The highest BCUT2D eigenvalue weighted by Crippen LogP contribution is 2.38. The zero-order chi connectivity index (χ0) is 23.7. The average Bonchev–Trinajstić information content (AvgIpc) is 3.08. The number of rotatable bonds is 5. The largest absolute Gasteiger partial charge is 0.367 e. The number of hydrogen-bond donors (Lipinski definition) is 1. The van der Waals surface area contributed by atoms with Crippen LogP contribution in [0.1, 0.15) is 31.0 Å². The van der Waals surface area contributed by atoms with Crippen LogP contribution in [0.25, 0.3) is 11.0 Å². The van der Waals surface area contributed by atoms with Gasteiger partial charge in [0.1, 0.15) is 0 Å². The Morgan fingerprint density at radius 3 is 2.58 bits per heavy atom. The number of carbonyl (C=O) groups is 2. The molecule has 1 aliphatic rings. The number of imide groups is 1. The van der Waals surface area contributed by atoms with Crippen LogP contribution in [0, 0.1) is 6.92 Å². The molecule has 0 bridgehead atoms. The van der Waals surface area contributed by atoms with Gasteiger partial charge in [0.2, 0.25) is 6.41 Å². The van der Waals surface area contributed by atoms with E-state index in [-0.39, 0.29) is 0 Å². The lowest BCUT2D eigenvalue weighted by atomic mass is 10.0. The van der Waals surface area contributed by atoms with Crippen LogP contribution >= 0.6 is 0 Å². The number of piperazine rings is 1. The van der Waals surface area contributed by atoms with Gasteiger partial charge in [0.15, 0.2) is 5.65 Å². The van der Waals surface area contributed by atoms with E-state index in [1.165, 1.54) is 0 Å². The number of anilines is 3. The van der Waals surface area contributed by atoms with E-state index in [1.807, 2.05) is 38.2 Å². The van der Waals surface area contributed by atoms with Crippen molar-refractivity contribution >= 4 is 40.5 Å². The topological polar surface area (TPSA) is 86.6 Å². The van der Waals surface area contributed by atoms with Gasteiger partial charge in [-0.05, 0) is 37.6 Å². The van der Waals surface area contributed by atoms with Crippen LogP contribution in [-0.2, 0) is 11.8 Å². The zero-order valence-corrected chi connectivity index (χ0v) is 19.9. The fraction of sp³-hybridized carbons (Fsp3) is 0.417. The van der Waals surface area contributed by atoms with Gasteiger partial charge in [0.25, 0.3) is 0 Å². The lowest BCUT2D eigenvalue weighted by Gasteiger charge is -2.36. The van der Waals surface area contributed by atoms with E-state index >= 15 is 0 Å². The van der Waals surface area contributed by atoms with Crippen LogP contribution in [0.4, 0.5) is 21.9 Å². The Hall–Kier alpha value is -3.46. The molecule has 1 saturated heterocycles. The van der Waals surface area contributed by atoms with Gasteiger partial charge in [-0.3, -0.25) is 9.48 Å². The van der Waals surface area contributed by atoms with E-state index in [1.54, 1.807) is 10.9 Å². The molecule has 0 unspecified atom stereocenters. The van der Waals surface area contributed by atoms with Crippen LogP contribution in [0.2, 0.25) is 0 Å². The normalized spacial score (nSPS) is 14.7. The highest BCUT2D eigenvalue weighted by molar-refractivity contribution is 6.16. The number of amides is 3. The molecular weight excluding hydrogens is 418 g/mol. The second-order valence-electron chi connectivity index (χ2n) is 8.88. The number of urea groups is 1. The van der Waals surface area contributed by atoms with Crippen LogP contribution < -0.4 is 15.1 Å². The van der Waals surface area contributed by atoms with Crippen LogP contribution in [0.15, 0.2) is 30.5 Å². The van der Waals surface area contributed by atoms with Crippen molar-refractivity contribution in [1.82, 2.24) is 19.7 Å². The third kappa shape index (κ3) is 4.41. The fourth-order valence-electron chi connectivity index (χ4n) is 4.28. The Balaban J connectivity index is 1.76. The maximum atomic E-state index is 13.2. The minimum absolute atomic E-state index is 0.327. The summed E-state index contributed by atoms with van der Waals surface area (Å²) in [5.74, 6) is 0.327. The summed E-state index contributed by atoms with van der Waals surface area (Å²) in [6.07, 6.45) is 2.14. The smallest absolute Gasteiger partial charge is 0.333 e. The molecule has 1 aliphatic heterocycles. The third-order valence-electron chi connectivity index (χ3n) is 6.19. The fourth-order valence-corrected chi connectivity index (χ4v) is 4.28. The first-order chi connectivity index (χ1) is 15.8. The molecule has 3 aromatic rings. The number of hydrogen-bond acceptors (Lipinski definition) is 6. The lowest BCUT2D eigenvalue weighted by Crippen LogP contribution is -2.45. The molecule has 174 valence electrons. The number of nitrogens with one attached hydrogen (secondary N) is 1. The van der Waals surface area contributed by atoms with Gasteiger partial charge in [-0.2, -0.15) is 5.10 Å². The predicted molar refractivity (Wildman–Crippen MR) is 131 cm³/mol. The number of pyridine rings is 1. The summed E-state index contributed by atoms with van der Waals surface area (Å²) in [4.78, 5) is 35.6. The Bertz CT molecular complexity index is 1180. The molecule has 3 amide bonds. The van der Waals surface area contributed by atoms with Crippen LogP contribution in [0.5, 0.6) is 0 Å². The number of likely N-dealkylation sites (N-methyl/N-ethyl adjacent to an activating group) is 1. The van der Waals surface area contributed by atoms with Gasteiger partial charge in [-0.15, -0.1) is 0 Å². The summed E-state index contributed by atoms with van der Waals surface area (Å²) < 4.78 is 1.73. The second-order valence-corrected chi connectivity index (χ2v) is 8.88. The molecule has 0 atom stereocenters. The van der Waals surface area contributed by atoms with Crippen molar-refractivity contribution in [2.75, 3.05) is 48.3 Å². The predicted octanol–water partition coefficient (Wildman–Crippen LogP) is 3.35. The summed E-state index contributed by atoms with van der Waals surface area (Å²) >= 11 is 0. The molecule has 0 radical (unpaired) electrons. The Morgan fingerprint density at radius 1 is 1.18 bits per heavy atom.